The maximum Gasteiger partial charge on any atom is 0.355 e. The highest BCUT2D eigenvalue weighted by atomic mass is 35.5. The van der Waals surface area contributed by atoms with E-state index in [9.17, 15) is 14.9 Å². The van der Waals surface area contributed by atoms with Gasteiger partial charge >= 0.3 is 5.97 Å². The zero-order chi connectivity index (χ0) is 18.0. The molecule has 0 spiro atoms. The number of aromatic nitrogens is 1. The van der Waals surface area contributed by atoms with Crippen LogP contribution in [0.4, 0.5) is 5.69 Å². The number of non-ortho nitro benzene ring substituents is 1. The number of nitrogens with zero attached hydrogens (tertiary/aromatic N) is 2. The number of nitro groups is 1. The predicted octanol–water partition coefficient (Wildman–Crippen LogP) is 4.90. The van der Waals surface area contributed by atoms with Crippen LogP contribution in [-0.2, 0) is 0 Å². The molecule has 0 aliphatic carbocycles. The number of aryl methyl sites for hydroxylation is 1. The molecule has 6 nitrogen and oxygen atoms in total. The van der Waals surface area contributed by atoms with Crippen molar-refractivity contribution in [1.29, 1.82) is 0 Å². The molecule has 0 N–H and O–H groups in total. The first kappa shape index (κ1) is 17.1. The van der Waals surface area contributed by atoms with Gasteiger partial charge in [-0.25, -0.2) is 9.78 Å². The molecule has 0 amide bonds. The van der Waals surface area contributed by atoms with E-state index in [1.807, 2.05) is 30.3 Å². The molecule has 0 aliphatic rings. The second-order valence-electron chi connectivity index (χ2n) is 5.06. The first-order valence-electron chi connectivity index (χ1n) is 7.14. The van der Waals surface area contributed by atoms with Crippen molar-refractivity contribution in [3.63, 3.8) is 0 Å². The lowest BCUT2D eigenvalue weighted by molar-refractivity contribution is -0.384. The average molecular weight is 375 g/mol. The molecule has 2 aromatic carbocycles. The highest BCUT2D eigenvalue weighted by Gasteiger charge is 2.20. The molecule has 0 bridgehead atoms. The van der Waals surface area contributed by atoms with Crippen molar-refractivity contribution in [2.75, 3.05) is 0 Å². The second-order valence-corrected chi connectivity index (χ2v) is 6.47. The lowest BCUT2D eigenvalue weighted by Crippen LogP contribution is -2.08. The summed E-state index contributed by atoms with van der Waals surface area (Å²) < 4.78 is 5.27. The van der Waals surface area contributed by atoms with E-state index >= 15 is 0 Å². The molecule has 0 saturated carbocycles. The maximum absolute atomic E-state index is 12.4. The Bertz CT molecular complexity index is 957. The van der Waals surface area contributed by atoms with Gasteiger partial charge in [0.2, 0.25) is 0 Å². The first-order valence-corrected chi connectivity index (χ1v) is 8.34. The van der Waals surface area contributed by atoms with Crippen molar-refractivity contribution >= 4 is 34.6 Å². The summed E-state index contributed by atoms with van der Waals surface area (Å²) >= 11 is 7.17. The number of esters is 1. The summed E-state index contributed by atoms with van der Waals surface area (Å²) in [7, 11) is 0. The fraction of sp³-hybridized carbons (Fsp3) is 0.0588. The van der Waals surface area contributed by atoms with E-state index in [4.69, 9.17) is 16.3 Å². The Labute approximate surface area is 151 Å². The minimum absolute atomic E-state index is 0.00648. The van der Waals surface area contributed by atoms with E-state index in [-0.39, 0.29) is 16.5 Å². The van der Waals surface area contributed by atoms with E-state index in [2.05, 4.69) is 4.98 Å². The molecule has 0 radical (unpaired) electrons. The highest BCUT2D eigenvalue weighted by molar-refractivity contribution is 7.17. The van der Waals surface area contributed by atoms with Gasteiger partial charge in [0, 0.05) is 17.7 Å². The minimum atomic E-state index is -0.604. The zero-order valence-corrected chi connectivity index (χ0v) is 14.5. The number of benzene rings is 2. The highest BCUT2D eigenvalue weighted by Crippen LogP contribution is 2.32. The number of rotatable bonds is 4. The quantitative estimate of drug-likeness (QED) is 0.281. The molecule has 3 aromatic rings. The predicted molar refractivity (Wildman–Crippen MR) is 95.4 cm³/mol. The largest absolute Gasteiger partial charge is 0.421 e. The second kappa shape index (κ2) is 7.00. The fourth-order valence-electron chi connectivity index (χ4n) is 2.12. The Kier molecular flexibility index (Phi) is 4.78. The van der Waals surface area contributed by atoms with Gasteiger partial charge in [-0.2, -0.15) is 0 Å². The molecule has 126 valence electrons. The first-order chi connectivity index (χ1) is 12.0. The number of carbonyl (C=O) groups is 1. The Morgan fingerprint density at radius 2 is 1.96 bits per heavy atom. The van der Waals surface area contributed by atoms with Gasteiger partial charge in [-0.3, -0.25) is 10.1 Å². The molecule has 0 atom stereocenters. The van der Waals surface area contributed by atoms with Gasteiger partial charge in [0.05, 0.1) is 15.6 Å². The van der Waals surface area contributed by atoms with E-state index in [1.165, 1.54) is 23.5 Å². The Balaban J connectivity index is 1.85. The van der Waals surface area contributed by atoms with E-state index in [0.717, 1.165) is 11.6 Å². The Morgan fingerprint density at radius 3 is 2.60 bits per heavy atom. The molecule has 0 fully saturated rings. The van der Waals surface area contributed by atoms with Crippen molar-refractivity contribution in [1.82, 2.24) is 4.98 Å². The van der Waals surface area contributed by atoms with Crippen LogP contribution in [0.3, 0.4) is 0 Å². The van der Waals surface area contributed by atoms with Crippen molar-refractivity contribution < 1.29 is 14.5 Å². The SMILES string of the molecule is Cc1nc(-c2ccccc2)sc1C(=O)Oc1ccc([N+](=O)[O-])cc1Cl. The number of halogens is 1. The number of nitro benzene ring substituents is 1. The number of ether oxygens (including phenoxy) is 1. The zero-order valence-electron chi connectivity index (χ0n) is 12.9. The van der Waals surface area contributed by atoms with Gasteiger partial charge in [-0.1, -0.05) is 41.9 Å². The lowest BCUT2D eigenvalue weighted by atomic mass is 10.2. The topological polar surface area (TPSA) is 82.3 Å². The minimum Gasteiger partial charge on any atom is -0.421 e. The van der Waals surface area contributed by atoms with Gasteiger partial charge < -0.3 is 4.74 Å². The monoisotopic (exact) mass is 374 g/mol. The van der Waals surface area contributed by atoms with Crippen LogP contribution in [0.15, 0.2) is 48.5 Å². The summed E-state index contributed by atoms with van der Waals surface area (Å²) in [6.07, 6.45) is 0. The van der Waals surface area contributed by atoms with Crippen molar-refractivity contribution in [3.8, 4) is 16.3 Å². The number of carbonyl (C=O) groups excluding carboxylic acids is 1. The Hall–Kier alpha value is -2.77. The van der Waals surface area contributed by atoms with Gasteiger partial charge in [0.1, 0.15) is 15.6 Å². The molecule has 1 heterocycles. The molecule has 8 heteroatoms. The van der Waals surface area contributed by atoms with Crippen LogP contribution in [-0.4, -0.2) is 15.9 Å². The third kappa shape index (κ3) is 3.67. The summed E-state index contributed by atoms with van der Waals surface area (Å²) in [5.41, 5.74) is 1.28. The fourth-order valence-corrected chi connectivity index (χ4v) is 3.28. The smallest absolute Gasteiger partial charge is 0.355 e. The van der Waals surface area contributed by atoms with Crippen LogP contribution in [0.1, 0.15) is 15.4 Å². The van der Waals surface area contributed by atoms with E-state index < -0.39 is 10.9 Å². The number of hydrogen-bond acceptors (Lipinski definition) is 6. The molecule has 25 heavy (non-hydrogen) atoms. The van der Waals surface area contributed by atoms with Crippen molar-refractivity contribution in [3.05, 3.63) is 74.2 Å². The maximum atomic E-state index is 12.4. The normalized spacial score (nSPS) is 10.5. The molecule has 1 aromatic heterocycles. The molecular formula is C17H11ClN2O4S. The van der Waals surface area contributed by atoms with Crippen LogP contribution in [0, 0.1) is 17.0 Å². The molecule has 3 rings (SSSR count). The van der Waals surface area contributed by atoms with E-state index in [1.54, 1.807) is 6.92 Å². The molecular weight excluding hydrogens is 364 g/mol. The standard InChI is InChI=1S/C17H11ClN2O4S/c1-10-15(25-16(19-10)11-5-3-2-4-6-11)17(21)24-14-8-7-12(20(22)23)9-13(14)18/h2-9H,1H3. The summed E-state index contributed by atoms with van der Waals surface area (Å²) in [5.74, 6) is -0.542. The summed E-state index contributed by atoms with van der Waals surface area (Å²) in [4.78, 5) is 27.3. The van der Waals surface area contributed by atoms with Gasteiger partial charge in [0.15, 0.2) is 0 Å². The number of hydrogen-bond donors (Lipinski definition) is 0. The molecule has 0 aliphatic heterocycles. The van der Waals surface area contributed by atoms with Crippen LogP contribution >= 0.6 is 22.9 Å². The molecule has 0 unspecified atom stereocenters. The van der Waals surface area contributed by atoms with Crippen LogP contribution < -0.4 is 4.74 Å². The van der Waals surface area contributed by atoms with Crippen LogP contribution in [0.25, 0.3) is 10.6 Å². The third-order valence-electron chi connectivity index (χ3n) is 3.33. The van der Waals surface area contributed by atoms with Crippen LogP contribution in [0.2, 0.25) is 5.02 Å². The average Bonchev–Trinajstić information content (AvgIpc) is 2.99. The van der Waals surface area contributed by atoms with Crippen LogP contribution in [0.5, 0.6) is 5.75 Å². The van der Waals surface area contributed by atoms with Crippen molar-refractivity contribution in [2.45, 2.75) is 6.92 Å². The summed E-state index contributed by atoms with van der Waals surface area (Å²) in [5, 5.41) is 11.4. The van der Waals surface area contributed by atoms with Crippen molar-refractivity contribution in [2.24, 2.45) is 0 Å². The van der Waals surface area contributed by atoms with Gasteiger partial charge in [-0.15, -0.1) is 11.3 Å². The van der Waals surface area contributed by atoms with E-state index in [0.29, 0.717) is 15.6 Å². The summed E-state index contributed by atoms with van der Waals surface area (Å²) in [6.45, 7) is 1.72. The number of thiazole rings is 1. The van der Waals surface area contributed by atoms with Gasteiger partial charge in [0.25, 0.3) is 5.69 Å². The Morgan fingerprint density at radius 1 is 1.24 bits per heavy atom. The molecule has 0 saturated heterocycles. The lowest BCUT2D eigenvalue weighted by Gasteiger charge is -2.05. The third-order valence-corrected chi connectivity index (χ3v) is 4.81. The van der Waals surface area contributed by atoms with Gasteiger partial charge in [-0.05, 0) is 13.0 Å². The summed E-state index contributed by atoms with van der Waals surface area (Å²) in [6, 6.07) is 13.1.